The first kappa shape index (κ1) is 26.1. The predicted molar refractivity (Wildman–Crippen MR) is 153 cm³/mol. The minimum atomic E-state index is -0.331. The van der Waals surface area contributed by atoms with Crippen molar-refractivity contribution in [2.75, 3.05) is 0 Å². The highest BCUT2D eigenvalue weighted by atomic mass is 16.5. The average Bonchev–Trinajstić information content (AvgIpc) is 3.67. The van der Waals surface area contributed by atoms with Crippen molar-refractivity contribution in [3.05, 3.63) is 76.8 Å². The van der Waals surface area contributed by atoms with E-state index in [2.05, 4.69) is 69.8 Å². The molecule has 0 fully saturated rings. The molecular weight excluding hydrogens is 502 g/mol. The molecule has 40 heavy (non-hydrogen) atoms. The second kappa shape index (κ2) is 10.1. The summed E-state index contributed by atoms with van der Waals surface area (Å²) in [7, 11) is 0. The first-order valence-electron chi connectivity index (χ1n) is 14.1. The Kier molecular flexibility index (Phi) is 6.60. The van der Waals surface area contributed by atoms with Gasteiger partial charge >= 0.3 is 11.8 Å². The van der Waals surface area contributed by atoms with Crippen LogP contribution in [0.15, 0.2) is 52.4 Å². The smallest absolute Gasteiger partial charge is 0.315 e. The van der Waals surface area contributed by atoms with Gasteiger partial charge in [0.15, 0.2) is 11.6 Å². The molecule has 6 rings (SSSR count). The first-order valence-corrected chi connectivity index (χ1v) is 14.1. The molecule has 0 bridgehead atoms. The molecule has 0 saturated carbocycles. The maximum Gasteiger partial charge on any atom is 0.315 e. The third-order valence-corrected chi connectivity index (χ3v) is 7.70. The molecule has 0 radical (unpaired) electrons. The number of hydrogen-bond acceptors (Lipinski definition) is 7. The fourth-order valence-electron chi connectivity index (χ4n) is 5.43. The van der Waals surface area contributed by atoms with Gasteiger partial charge in [0.25, 0.3) is 0 Å². The van der Waals surface area contributed by atoms with Crippen LogP contribution in [0.25, 0.3) is 11.1 Å². The van der Waals surface area contributed by atoms with E-state index in [9.17, 15) is 4.79 Å². The van der Waals surface area contributed by atoms with Crippen LogP contribution in [0.5, 0.6) is 0 Å². The maximum absolute atomic E-state index is 13.0. The van der Waals surface area contributed by atoms with E-state index in [-0.39, 0.29) is 23.3 Å². The van der Waals surface area contributed by atoms with Crippen molar-refractivity contribution >= 4 is 17.4 Å². The molecular formula is C31H35N7O2. The third-order valence-electron chi connectivity index (χ3n) is 7.70. The molecule has 3 aromatic heterocycles. The molecule has 0 spiro atoms. The summed E-state index contributed by atoms with van der Waals surface area (Å²) in [5.74, 6) is 0.977. The van der Waals surface area contributed by atoms with Gasteiger partial charge in [0.1, 0.15) is 0 Å². The van der Waals surface area contributed by atoms with Crippen molar-refractivity contribution in [2.24, 2.45) is 4.99 Å². The third kappa shape index (κ3) is 4.96. The second-order valence-corrected chi connectivity index (χ2v) is 12.1. The number of pyridine rings is 1. The van der Waals surface area contributed by atoms with Gasteiger partial charge in [-0.2, -0.15) is 10.1 Å². The van der Waals surface area contributed by atoms with E-state index in [1.165, 1.54) is 5.56 Å². The molecule has 9 nitrogen and oxygen atoms in total. The van der Waals surface area contributed by atoms with Crippen molar-refractivity contribution < 1.29 is 9.32 Å². The van der Waals surface area contributed by atoms with E-state index in [0.717, 1.165) is 71.5 Å². The van der Waals surface area contributed by atoms with Crippen molar-refractivity contribution in [3.63, 3.8) is 0 Å². The van der Waals surface area contributed by atoms with Crippen LogP contribution in [0, 0.1) is 0 Å². The summed E-state index contributed by atoms with van der Waals surface area (Å²) in [6.07, 6.45) is 10.4. The Bertz CT molecular complexity index is 1610. The molecule has 0 unspecified atom stereocenters. The molecule has 4 aromatic rings. The van der Waals surface area contributed by atoms with Crippen molar-refractivity contribution in [3.8, 4) is 11.1 Å². The number of carbonyl (C=O) groups is 1. The number of hydrogen-bond donors (Lipinski definition) is 1. The Labute approximate surface area is 234 Å². The van der Waals surface area contributed by atoms with Gasteiger partial charge < -0.3 is 9.84 Å². The summed E-state index contributed by atoms with van der Waals surface area (Å²) in [6.45, 7) is 10.2. The minimum absolute atomic E-state index is 0.00873. The van der Waals surface area contributed by atoms with Crippen LogP contribution >= 0.6 is 0 Å². The molecule has 1 aliphatic heterocycles. The fourth-order valence-corrected chi connectivity index (χ4v) is 5.43. The van der Waals surface area contributed by atoms with Crippen LogP contribution < -0.4 is 5.32 Å². The fraction of sp³-hybridized carbons (Fsp3) is 0.419. The van der Waals surface area contributed by atoms with Gasteiger partial charge in [-0.15, -0.1) is 0 Å². The summed E-state index contributed by atoms with van der Waals surface area (Å²) >= 11 is 0. The number of carbonyl (C=O) groups excluding carboxylic acids is 1. The van der Waals surface area contributed by atoms with Gasteiger partial charge in [0, 0.05) is 41.4 Å². The van der Waals surface area contributed by atoms with E-state index in [4.69, 9.17) is 9.52 Å². The van der Waals surface area contributed by atoms with E-state index in [1.807, 2.05) is 37.8 Å². The standard InChI is InChI=1S/C31H35N7O2/c1-18(2)38-17-21(16-33-38)26-15-24-22(12-13-32-27(24)34-26)20-10-11-23-19(14-20)8-6-7-9-25(23)35-28(39)29-36-30(37-40-29)31(3,4)5/h10-14,16-18,25H,6-9,15H2,1-5H3,(H,35,39)/t25-/m0/s1. The topological polar surface area (TPSA) is 111 Å². The summed E-state index contributed by atoms with van der Waals surface area (Å²) in [5.41, 5.74) is 7.57. The zero-order chi connectivity index (χ0) is 28.0. The number of rotatable bonds is 5. The number of benzene rings is 1. The minimum Gasteiger partial charge on any atom is -0.341 e. The van der Waals surface area contributed by atoms with Gasteiger partial charge in [0.05, 0.1) is 18.0 Å². The lowest BCUT2D eigenvalue weighted by Crippen LogP contribution is -2.29. The van der Waals surface area contributed by atoms with Crippen LogP contribution in [0.3, 0.4) is 0 Å². The quantitative estimate of drug-likeness (QED) is 0.309. The number of nitrogens with zero attached hydrogens (tertiary/aromatic N) is 6. The zero-order valence-corrected chi connectivity index (χ0v) is 23.7. The molecule has 4 heterocycles. The van der Waals surface area contributed by atoms with Gasteiger partial charge in [-0.05, 0) is 61.4 Å². The van der Waals surface area contributed by atoms with Crippen LogP contribution in [-0.4, -0.2) is 36.5 Å². The molecule has 1 aromatic carbocycles. The Morgan fingerprint density at radius 3 is 2.75 bits per heavy atom. The van der Waals surface area contributed by atoms with Gasteiger partial charge in [-0.25, -0.2) is 9.98 Å². The lowest BCUT2D eigenvalue weighted by Gasteiger charge is -2.19. The number of amides is 1. The largest absolute Gasteiger partial charge is 0.341 e. The zero-order valence-electron chi connectivity index (χ0n) is 23.7. The van der Waals surface area contributed by atoms with Crippen LogP contribution in [0.4, 0.5) is 5.82 Å². The number of aliphatic imine (C=N–C) groups is 1. The van der Waals surface area contributed by atoms with Crippen LogP contribution in [0.2, 0.25) is 0 Å². The molecule has 1 amide bonds. The van der Waals surface area contributed by atoms with E-state index in [1.54, 1.807) is 0 Å². The lowest BCUT2D eigenvalue weighted by atomic mass is 9.92. The summed E-state index contributed by atoms with van der Waals surface area (Å²) in [5, 5.41) is 11.7. The van der Waals surface area contributed by atoms with E-state index >= 15 is 0 Å². The Morgan fingerprint density at radius 2 is 2.00 bits per heavy atom. The van der Waals surface area contributed by atoms with Crippen molar-refractivity contribution in [1.29, 1.82) is 0 Å². The number of nitrogens with one attached hydrogen (secondary N) is 1. The Hall–Kier alpha value is -4.14. The van der Waals surface area contributed by atoms with E-state index < -0.39 is 0 Å². The summed E-state index contributed by atoms with van der Waals surface area (Å²) < 4.78 is 7.25. The maximum atomic E-state index is 13.0. The van der Waals surface area contributed by atoms with Crippen LogP contribution in [-0.2, 0) is 18.3 Å². The highest BCUT2D eigenvalue weighted by Crippen LogP contribution is 2.38. The highest BCUT2D eigenvalue weighted by Gasteiger charge is 2.28. The molecule has 0 saturated heterocycles. The molecule has 1 aliphatic carbocycles. The number of fused-ring (bicyclic) bond motifs is 2. The normalized spacial score (nSPS) is 16.9. The summed E-state index contributed by atoms with van der Waals surface area (Å²) in [6, 6.07) is 8.85. The average molecular weight is 538 g/mol. The molecule has 1 N–H and O–H groups in total. The van der Waals surface area contributed by atoms with Crippen LogP contribution in [0.1, 0.15) is 105 Å². The van der Waals surface area contributed by atoms with Gasteiger partial charge in [-0.3, -0.25) is 9.48 Å². The molecule has 9 heteroatoms. The van der Waals surface area contributed by atoms with Gasteiger partial charge in [-0.1, -0.05) is 50.5 Å². The first-order chi connectivity index (χ1) is 19.2. The van der Waals surface area contributed by atoms with Crippen molar-refractivity contribution in [2.45, 2.75) is 84.2 Å². The second-order valence-electron chi connectivity index (χ2n) is 12.1. The Morgan fingerprint density at radius 1 is 1.15 bits per heavy atom. The SMILES string of the molecule is CC(C)n1cc(C2=Nc3nccc(-c4ccc5c(c4)CCCC[C@@H]5NC(=O)c4nc(C(C)(C)C)no4)c3C2)cn1. The number of aromatic nitrogens is 5. The molecule has 2 aliphatic rings. The lowest BCUT2D eigenvalue weighted by molar-refractivity contribution is 0.0890. The van der Waals surface area contributed by atoms with E-state index in [0.29, 0.717) is 11.9 Å². The molecule has 206 valence electrons. The summed E-state index contributed by atoms with van der Waals surface area (Å²) in [4.78, 5) is 26.8. The predicted octanol–water partition coefficient (Wildman–Crippen LogP) is 6.08. The highest BCUT2D eigenvalue weighted by molar-refractivity contribution is 6.07. The van der Waals surface area contributed by atoms with Crippen molar-refractivity contribution in [1.82, 2.24) is 30.2 Å². The monoisotopic (exact) mass is 537 g/mol. The Balaban J connectivity index is 1.25. The van der Waals surface area contributed by atoms with Gasteiger partial charge in [0.2, 0.25) is 0 Å². The molecule has 1 atom stereocenters. The number of aryl methyl sites for hydroxylation is 1.